The molecule has 32 heavy (non-hydrogen) atoms. The first-order valence-electron chi connectivity index (χ1n) is 10.7. The van der Waals surface area contributed by atoms with Crippen LogP contribution in [-0.4, -0.2) is 26.8 Å². The molecule has 1 heterocycles. The van der Waals surface area contributed by atoms with E-state index in [0.717, 1.165) is 18.4 Å². The Morgan fingerprint density at radius 3 is 2.69 bits per heavy atom. The number of halogens is 1. The normalized spacial score (nSPS) is 11.7. The van der Waals surface area contributed by atoms with Crippen LogP contribution in [0.15, 0.2) is 58.5 Å². The molecule has 0 radical (unpaired) electrons. The molecule has 0 unspecified atom stereocenters. The molecule has 0 saturated heterocycles. The van der Waals surface area contributed by atoms with Crippen LogP contribution in [0.3, 0.4) is 0 Å². The summed E-state index contributed by atoms with van der Waals surface area (Å²) in [6, 6.07) is 11.1. The van der Waals surface area contributed by atoms with E-state index in [-0.39, 0.29) is 12.0 Å². The second-order valence-electron chi connectivity index (χ2n) is 7.46. The third-order valence-corrected chi connectivity index (χ3v) is 4.96. The average Bonchev–Trinajstić information content (AvgIpc) is 2.77. The summed E-state index contributed by atoms with van der Waals surface area (Å²) in [7, 11) is 0. The van der Waals surface area contributed by atoms with Crippen LogP contribution < -0.4 is 5.56 Å². The Morgan fingerprint density at radius 2 is 1.97 bits per heavy atom. The number of benzene rings is 2. The largest absolute Gasteiger partial charge is 0.481 e. The van der Waals surface area contributed by atoms with Crippen LogP contribution in [0.5, 0.6) is 0 Å². The van der Waals surface area contributed by atoms with Gasteiger partial charge in [0.2, 0.25) is 0 Å². The lowest BCUT2D eigenvalue weighted by atomic mass is 10.1. The molecule has 0 aliphatic heterocycles. The van der Waals surface area contributed by atoms with Gasteiger partial charge in [-0.3, -0.25) is 19.1 Å². The third-order valence-electron chi connectivity index (χ3n) is 4.96. The van der Waals surface area contributed by atoms with Crippen LogP contribution in [0.25, 0.3) is 22.7 Å². The number of fused-ring (bicyclic) bond motifs is 1. The van der Waals surface area contributed by atoms with Gasteiger partial charge in [0, 0.05) is 25.3 Å². The Labute approximate surface area is 185 Å². The zero-order chi connectivity index (χ0) is 22.9. The molecule has 1 N–H and O–H groups in total. The molecule has 2 aromatic carbocycles. The lowest BCUT2D eigenvalue weighted by Crippen LogP contribution is -2.24. The van der Waals surface area contributed by atoms with E-state index >= 15 is 0 Å². The van der Waals surface area contributed by atoms with Gasteiger partial charge in [-0.2, -0.15) is 0 Å². The van der Waals surface area contributed by atoms with Crippen LogP contribution in [0.2, 0.25) is 0 Å². The molecule has 0 atom stereocenters. The first-order valence-corrected chi connectivity index (χ1v) is 10.7. The third kappa shape index (κ3) is 5.97. The highest BCUT2D eigenvalue weighted by Gasteiger charge is 2.13. The van der Waals surface area contributed by atoms with Crippen molar-refractivity contribution in [1.29, 1.82) is 0 Å². The average molecular weight is 435 g/mol. The molecule has 7 heteroatoms. The maximum absolute atomic E-state index is 13.4. The minimum atomic E-state index is -0.856. The summed E-state index contributed by atoms with van der Waals surface area (Å²) in [5.74, 6) is -0.733. The van der Waals surface area contributed by atoms with Crippen molar-refractivity contribution < 1.29 is 14.3 Å². The smallest absolute Gasteiger partial charge is 0.303 e. The fraction of sp³-hybridized carbons (Fsp3) is 0.280. The van der Waals surface area contributed by atoms with Crippen LogP contribution >= 0.6 is 0 Å². The second kappa shape index (κ2) is 11.1. The van der Waals surface area contributed by atoms with Gasteiger partial charge >= 0.3 is 5.97 Å². The van der Waals surface area contributed by atoms with Crippen molar-refractivity contribution in [3.05, 3.63) is 76.2 Å². The quantitative estimate of drug-likeness (QED) is 0.352. The van der Waals surface area contributed by atoms with Crippen molar-refractivity contribution in [2.24, 2.45) is 4.99 Å². The second-order valence-corrected chi connectivity index (χ2v) is 7.46. The van der Waals surface area contributed by atoms with E-state index in [9.17, 15) is 14.0 Å². The van der Waals surface area contributed by atoms with Crippen molar-refractivity contribution in [3.8, 4) is 5.69 Å². The minimum Gasteiger partial charge on any atom is -0.481 e. The van der Waals surface area contributed by atoms with Crippen LogP contribution in [0.4, 0.5) is 4.39 Å². The molecule has 0 bridgehead atoms. The van der Waals surface area contributed by atoms with Crippen molar-refractivity contribution >= 4 is 29.2 Å². The van der Waals surface area contributed by atoms with Gasteiger partial charge in [-0.15, -0.1) is 0 Å². The molecule has 6 nitrogen and oxygen atoms in total. The Balaban J connectivity index is 2.01. The van der Waals surface area contributed by atoms with Gasteiger partial charge in [-0.05, 0) is 67.3 Å². The monoisotopic (exact) mass is 435 g/mol. The SMILES string of the molecule is CCCC=N/C=C/c1ccc2c(=O)n(-c3ccc(F)cc3)c(CCCCC(=O)O)nc2c1. The van der Waals surface area contributed by atoms with Gasteiger partial charge in [-0.1, -0.05) is 19.4 Å². The Bertz CT molecular complexity index is 1200. The Hall–Kier alpha value is -3.61. The number of carboxylic acids is 1. The van der Waals surface area contributed by atoms with E-state index in [1.807, 2.05) is 24.4 Å². The van der Waals surface area contributed by atoms with E-state index in [1.54, 1.807) is 12.3 Å². The fourth-order valence-electron chi connectivity index (χ4n) is 3.33. The maximum Gasteiger partial charge on any atom is 0.303 e. The number of aryl methyl sites for hydroxylation is 1. The number of rotatable bonds is 10. The van der Waals surface area contributed by atoms with Gasteiger partial charge in [0.1, 0.15) is 11.6 Å². The summed E-state index contributed by atoms with van der Waals surface area (Å²) in [6.45, 7) is 2.09. The van der Waals surface area contributed by atoms with Crippen molar-refractivity contribution in [2.75, 3.05) is 0 Å². The number of aliphatic carboxylic acids is 1. The molecule has 0 fully saturated rings. The van der Waals surface area contributed by atoms with E-state index in [0.29, 0.717) is 41.7 Å². The molecule has 0 spiro atoms. The molecule has 3 aromatic rings. The highest BCUT2D eigenvalue weighted by Crippen LogP contribution is 2.18. The number of hydrogen-bond donors (Lipinski definition) is 1. The summed E-state index contributed by atoms with van der Waals surface area (Å²) in [4.78, 5) is 33.1. The topological polar surface area (TPSA) is 84.5 Å². The van der Waals surface area contributed by atoms with Gasteiger partial charge in [0.15, 0.2) is 0 Å². The standard InChI is InChI=1S/C25H26FN3O3/c1-2-3-15-27-16-14-18-8-13-21-22(17-18)28-23(6-4-5-7-24(30)31)29(25(21)32)20-11-9-19(26)10-12-20/h8-17H,2-7H2,1H3,(H,30,31)/b16-14+,27-15?. The molecule has 1 aromatic heterocycles. The maximum atomic E-state index is 13.4. The lowest BCUT2D eigenvalue weighted by Gasteiger charge is -2.14. The van der Waals surface area contributed by atoms with Gasteiger partial charge in [0.25, 0.3) is 5.56 Å². The van der Waals surface area contributed by atoms with Crippen molar-refractivity contribution in [2.45, 2.75) is 45.4 Å². The van der Waals surface area contributed by atoms with E-state index in [4.69, 9.17) is 10.1 Å². The molecular weight excluding hydrogens is 409 g/mol. The molecule has 0 aliphatic rings. The summed E-state index contributed by atoms with van der Waals surface area (Å²) in [5.41, 5.74) is 1.70. The summed E-state index contributed by atoms with van der Waals surface area (Å²) in [6.07, 6.45) is 8.90. The van der Waals surface area contributed by atoms with Gasteiger partial charge in [0.05, 0.1) is 16.6 Å². The van der Waals surface area contributed by atoms with Crippen LogP contribution in [0.1, 0.15) is 50.4 Å². The van der Waals surface area contributed by atoms with E-state index < -0.39 is 11.8 Å². The molecule has 0 saturated carbocycles. The predicted molar refractivity (Wildman–Crippen MR) is 125 cm³/mol. The predicted octanol–water partition coefficient (Wildman–Crippen LogP) is 5.16. The number of unbranched alkanes of at least 4 members (excludes halogenated alkanes) is 2. The minimum absolute atomic E-state index is 0.0574. The molecule has 166 valence electrons. The van der Waals surface area contributed by atoms with Crippen LogP contribution in [-0.2, 0) is 11.2 Å². The zero-order valence-electron chi connectivity index (χ0n) is 18.0. The first-order chi connectivity index (χ1) is 15.5. The highest BCUT2D eigenvalue weighted by molar-refractivity contribution is 5.81. The van der Waals surface area contributed by atoms with Gasteiger partial charge in [-0.25, -0.2) is 9.37 Å². The number of nitrogens with zero attached hydrogens (tertiary/aromatic N) is 3. The highest BCUT2D eigenvalue weighted by atomic mass is 19.1. The molecule has 3 rings (SSSR count). The van der Waals surface area contributed by atoms with Crippen molar-refractivity contribution in [1.82, 2.24) is 9.55 Å². The summed E-state index contributed by atoms with van der Waals surface area (Å²) >= 11 is 0. The Kier molecular flexibility index (Phi) is 8.02. The number of hydrogen-bond acceptors (Lipinski definition) is 4. The van der Waals surface area contributed by atoms with Crippen molar-refractivity contribution in [3.63, 3.8) is 0 Å². The van der Waals surface area contributed by atoms with Gasteiger partial charge < -0.3 is 5.11 Å². The molecule has 0 amide bonds. The number of aliphatic imine (C=N–C) groups is 1. The van der Waals surface area contributed by atoms with Crippen LogP contribution in [0, 0.1) is 5.82 Å². The zero-order valence-corrected chi connectivity index (χ0v) is 18.0. The summed E-state index contributed by atoms with van der Waals surface area (Å²) < 4.78 is 14.9. The first kappa shape index (κ1) is 23.1. The lowest BCUT2D eigenvalue weighted by molar-refractivity contribution is -0.137. The van der Waals surface area contributed by atoms with E-state index in [1.165, 1.54) is 28.8 Å². The fourth-order valence-corrected chi connectivity index (χ4v) is 3.33. The molecule has 0 aliphatic carbocycles. The number of aromatic nitrogens is 2. The number of carboxylic acid groups (broad SMARTS) is 1. The molecular formula is C25H26FN3O3. The van der Waals surface area contributed by atoms with E-state index in [2.05, 4.69) is 11.9 Å². The summed E-state index contributed by atoms with van der Waals surface area (Å²) in [5, 5.41) is 9.34. The Morgan fingerprint density at radius 1 is 1.19 bits per heavy atom. The number of carbonyl (C=O) groups is 1.